The molecule has 66 valence electrons. The van der Waals surface area contributed by atoms with Gasteiger partial charge in [0, 0.05) is 12.1 Å². The lowest BCUT2D eigenvalue weighted by Crippen LogP contribution is -2.09. The summed E-state index contributed by atoms with van der Waals surface area (Å²) in [6.45, 7) is 0. The standard InChI is InChI=1S/C12H8N2/c1-3-9-5-6-10-4-2-8-14-12(10)11(9)13-7-1/h1-8H/p+2. The van der Waals surface area contributed by atoms with Gasteiger partial charge >= 0.3 is 0 Å². The number of hydrogen-bond acceptors (Lipinski definition) is 0. The van der Waals surface area contributed by atoms with Crippen LogP contribution in [-0.2, 0) is 0 Å². The first-order valence-corrected chi connectivity index (χ1v) is 4.65. The van der Waals surface area contributed by atoms with Gasteiger partial charge in [0.25, 0.3) is 11.0 Å². The van der Waals surface area contributed by atoms with Crippen LogP contribution in [0, 0.1) is 0 Å². The third kappa shape index (κ3) is 0.973. The zero-order valence-corrected chi connectivity index (χ0v) is 7.62. The van der Waals surface area contributed by atoms with Gasteiger partial charge in [-0.25, -0.2) is 9.97 Å². The number of benzene rings is 1. The summed E-state index contributed by atoms with van der Waals surface area (Å²) in [5.41, 5.74) is 2.32. The summed E-state index contributed by atoms with van der Waals surface area (Å²) in [5, 5.41) is 2.45. The number of rotatable bonds is 0. The van der Waals surface area contributed by atoms with Gasteiger partial charge in [-0.05, 0) is 24.3 Å². The molecule has 0 unspecified atom stereocenters. The molecule has 2 nitrogen and oxygen atoms in total. The smallest absolute Gasteiger partial charge is 0.205 e. The summed E-state index contributed by atoms with van der Waals surface area (Å²) in [4.78, 5) is 6.53. The molecule has 3 aromatic rings. The molecule has 0 aliphatic carbocycles. The van der Waals surface area contributed by atoms with E-state index in [1.807, 2.05) is 24.5 Å². The molecule has 1 aromatic carbocycles. The minimum Gasteiger partial charge on any atom is -0.205 e. The first-order chi connectivity index (χ1) is 6.95. The van der Waals surface area contributed by atoms with Crippen LogP contribution in [0.2, 0.25) is 0 Å². The maximum absolute atomic E-state index is 3.26. The van der Waals surface area contributed by atoms with Crippen molar-refractivity contribution in [3.05, 3.63) is 48.8 Å². The van der Waals surface area contributed by atoms with Crippen molar-refractivity contribution in [3.8, 4) is 0 Å². The van der Waals surface area contributed by atoms with Gasteiger partial charge in [-0.1, -0.05) is 0 Å². The van der Waals surface area contributed by atoms with Gasteiger partial charge < -0.3 is 0 Å². The molecule has 0 aliphatic rings. The van der Waals surface area contributed by atoms with Crippen LogP contribution in [0.5, 0.6) is 0 Å². The lowest BCUT2D eigenvalue weighted by atomic mass is 10.1. The Morgan fingerprint density at radius 2 is 1.14 bits per heavy atom. The summed E-state index contributed by atoms with van der Waals surface area (Å²) < 4.78 is 0. The Morgan fingerprint density at radius 1 is 0.643 bits per heavy atom. The van der Waals surface area contributed by atoms with E-state index in [0.29, 0.717) is 0 Å². The quantitative estimate of drug-likeness (QED) is 0.473. The normalized spacial score (nSPS) is 10.9. The van der Waals surface area contributed by atoms with Crippen LogP contribution in [0.3, 0.4) is 0 Å². The van der Waals surface area contributed by atoms with Crippen molar-refractivity contribution < 1.29 is 9.97 Å². The summed E-state index contributed by atoms with van der Waals surface area (Å²) >= 11 is 0. The van der Waals surface area contributed by atoms with Crippen LogP contribution < -0.4 is 9.97 Å². The largest absolute Gasteiger partial charge is 0.283 e. The molecular weight excluding hydrogens is 172 g/mol. The minimum atomic E-state index is 1.16. The van der Waals surface area contributed by atoms with Crippen molar-refractivity contribution >= 4 is 21.8 Å². The number of H-pyrrole nitrogens is 2. The predicted molar refractivity (Wildman–Crippen MR) is 54.6 cm³/mol. The first kappa shape index (κ1) is 7.44. The van der Waals surface area contributed by atoms with E-state index in [1.165, 1.54) is 10.8 Å². The monoisotopic (exact) mass is 182 g/mol. The highest BCUT2D eigenvalue weighted by atomic mass is 14.7. The number of fused-ring (bicyclic) bond motifs is 3. The fraction of sp³-hybridized carbons (Fsp3) is 0. The van der Waals surface area contributed by atoms with Crippen molar-refractivity contribution in [3.63, 3.8) is 0 Å². The van der Waals surface area contributed by atoms with E-state index in [0.717, 1.165) is 11.0 Å². The molecule has 0 spiro atoms. The third-order valence-electron chi connectivity index (χ3n) is 2.47. The molecule has 2 N–H and O–H groups in total. The summed E-state index contributed by atoms with van der Waals surface area (Å²) in [7, 11) is 0. The lowest BCUT2D eigenvalue weighted by molar-refractivity contribution is -0.368. The lowest BCUT2D eigenvalue weighted by Gasteiger charge is -1.92. The van der Waals surface area contributed by atoms with Gasteiger partial charge in [-0.3, -0.25) is 0 Å². The van der Waals surface area contributed by atoms with Crippen molar-refractivity contribution in [2.45, 2.75) is 0 Å². The Labute approximate surface area is 81.2 Å². The Bertz CT molecular complexity index is 547. The second-order valence-electron chi connectivity index (χ2n) is 3.33. The van der Waals surface area contributed by atoms with Crippen molar-refractivity contribution in [1.29, 1.82) is 0 Å². The van der Waals surface area contributed by atoms with Gasteiger partial charge in [0.1, 0.15) is 0 Å². The highest BCUT2D eigenvalue weighted by molar-refractivity contribution is 5.98. The summed E-state index contributed by atoms with van der Waals surface area (Å²) in [5.74, 6) is 0. The Balaban J connectivity index is 2.61. The van der Waals surface area contributed by atoms with E-state index in [1.54, 1.807) is 0 Å². The van der Waals surface area contributed by atoms with Gasteiger partial charge in [-0.2, -0.15) is 0 Å². The van der Waals surface area contributed by atoms with Crippen LogP contribution in [0.15, 0.2) is 48.8 Å². The van der Waals surface area contributed by atoms with Gasteiger partial charge in [0.15, 0.2) is 12.4 Å². The Morgan fingerprint density at radius 3 is 1.64 bits per heavy atom. The highest BCUT2D eigenvalue weighted by Gasteiger charge is 2.10. The molecule has 2 aromatic heterocycles. The number of hydrogen-bond donors (Lipinski definition) is 0. The van der Waals surface area contributed by atoms with E-state index in [9.17, 15) is 0 Å². The van der Waals surface area contributed by atoms with E-state index < -0.39 is 0 Å². The van der Waals surface area contributed by atoms with Gasteiger partial charge in [0.2, 0.25) is 0 Å². The molecule has 14 heavy (non-hydrogen) atoms. The summed E-state index contributed by atoms with van der Waals surface area (Å²) in [6, 6.07) is 12.5. The maximum Gasteiger partial charge on any atom is 0.283 e. The van der Waals surface area contributed by atoms with E-state index in [4.69, 9.17) is 0 Å². The van der Waals surface area contributed by atoms with Crippen LogP contribution in [0.1, 0.15) is 0 Å². The van der Waals surface area contributed by atoms with E-state index in [2.05, 4.69) is 34.2 Å². The molecule has 0 saturated heterocycles. The molecular formula is C12H10N2+2. The summed E-state index contributed by atoms with van der Waals surface area (Å²) in [6.07, 6.45) is 3.89. The van der Waals surface area contributed by atoms with Crippen molar-refractivity contribution in [2.75, 3.05) is 0 Å². The Hall–Kier alpha value is -1.96. The molecule has 0 radical (unpaired) electrons. The minimum absolute atomic E-state index is 1.16. The first-order valence-electron chi connectivity index (χ1n) is 4.65. The molecule has 2 heterocycles. The third-order valence-corrected chi connectivity index (χ3v) is 2.47. The highest BCUT2D eigenvalue weighted by Crippen LogP contribution is 2.16. The van der Waals surface area contributed by atoms with Gasteiger partial charge in [0.05, 0.1) is 10.8 Å². The maximum atomic E-state index is 3.26. The fourth-order valence-electron chi connectivity index (χ4n) is 1.79. The SMILES string of the molecule is c1c[nH+]c2c(c1)ccc1ccc[nH+]c12. The predicted octanol–water partition coefficient (Wildman–Crippen LogP) is 1.62. The molecule has 3 rings (SSSR count). The van der Waals surface area contributed by atoms with Crippen LogP contribution in [-0.4, -0.2) is 0 Å². The van der Waals surface area contributed by atoms with Crippen molar-refractivity contribution in [2.24, 2.45) is 0 Å². The average molecular weight is 182 g/mol. The number of nitrogens with one attached hydrogen (secondary N) is 2. The number of pyridine rings is 2. The molecule has 0 bridgehead atoms. The van der Waals surface area contributed by atoms with Crippen LogP contribution in [0.4, 0.5) is 0 Å². The fourth-order valence-corrected chi connectivity index (χ4v) is 1.79. The van der Waals surface area contributed by atoms with E-state index >= 15 is 0 Å². The number of aromatic amines is 2. The molecule has 0 amide bonds. The zero-order valence-electron chi connectivity index (χ0n) is 7.62. The molecule has 0 fully saturated rings. The van der Waals surface area contributed by atoms with Crippen LogP contribution >= 0.6 is 0 Å². The van der Waals surface area contributed by atoms with Crippen molar-refractivity contribution in [1.82, 2.24) is 0 Å². The number of aromatic nitrogens is 2. The molecule has 0 atom stereocenters. The molecule has 0 saturated carbocycles. The average Bonchev–Trinajstić information content (AvgIpc) is 2.29. The van der Waals surface area contributed by atoms with Gasteiger partial charge in [-0.15, -0.1) is 0 Å². The zero-order chi connectivity index (χ0) is 9.38. The second-order valence-corrected chi connectivity index (χ2v) is 3.33. The topological polar surface area (TPSA) is 28.3 Å². The second kappa shape index (κ2) is 2.77. The molecule has 2 heteroatoms. The van der Waals surface area contributed by atoms with E-state index in [-0.39, 0.29) is 0 Å². The van der Waals surface area contributed by atoms with Crippen LogP contribution in [0.25, 0.3) is 21.8 Å². The molecule has 0 aliphatic heterocycles. The Kier molecular flexibility index (Phi) is 1.47.